The molecule has 0 saturated carbocycles. The third kappa shape index (κ3) is 3.65. The van der Waals surface area contributed by atoms with E-state index in [9.17, 15) is 18.4 Å². The van der Waals surface area contributed by atoms with Gasteiger partial charge in [-0.3, -0.25) is 19.2 Å². The SMILES string of the molecule is CC(=O)NC[C@@H]1CC(F)(F)CN1C1CN(C(=O)c2cc(C)n(C)n2)C1. The van der Waals surface area contributed by atoms with E-state index in [1.807, 2.05) is 6.92 Å². The number of likely N-dealkylation sites (tertiary alicyclic amines) is 2. The van der Waals surface area contributed by atoms with Crippen molar-refractivity contribution in [3.05, 3.63) is 17.5 Å². The lowest BCUT2D eigenvalue weighted by atomic mass is 10.0. The lowest BCUT2D eigenvalue weighted by Gasteiger charge is -2.45. The van der Waals surface area contributed by atoms with Crippen LogP contribution in [0.2, 0.25) is 0 Å². The molecule has 25 heavy (non-hydrogen) atoms. The van der Waals surface area contributed by atoms with Gasteiger partial charge in [-0.15, -0.1) is 0 Å². The molecule has 0 unspecified atom stereocenters. The van der Waals surface area contributed by atoms with Gasteiger partial charge in [0.15, 0.2) is 5.69 Å². The van der Waals surface area contributed by atoms with Crippen LogP contribution >= 0.6 is 0 Å². The number of nitrogens with one attached hydrogen (secondary N) is 1. The number of alkyl halides is 2. The lowest BCUT2D eigenvalue weighted by molar-refractivity contribution is -0.119. The fraction of sp³-hybridized carbons (Fsp3) is 0.688. The van der Waals surface area contributed by atoms with Crippen molar-refractivity contribution in [1.29, 1.82) is 0 Å². The summed E-state index contributed by atoms with van der Waals surface area (Å²) >= 11 is 0. The topological polar surface area (TPSA) is 70.5 Å². The van der Waals surface area contributed by atoms with Crippen LogP contribution < -0.4 is 5.32 Å². The van der Waals surface area contributed by atoms with E-state index in [0.717, 1.165) is 5.69 Å². The van der Waals surface area contributed by atoms with E-state index in [2.05, 4.69) is 10.4 Å². The maximum Gasteiger partial charge on any atom is 0.274 e. The zero-order valence-corrected chi connectivity index (χ0v) is 14.6. The van der Waals surface area contributed by atoms with Crippen molar-refractivity contribution in [2.24, 2.45) is 7.05 Å². The number of nitrogens with zero attached hydrogens (tertiary/aromatic N) is 4. The lowest BCUT2D eigenvalue weighted by Crippen LogP contribution is -2.63. The second-order valence-electron chi connectivity index (χ2n) is 6.98. The Morgan fingerprint density at radius 3 is 2.64 bits per heavy atom. The molecule has 1 atom stereocenters. The van der Waals surface area contributed by atoms with Gasteiger partial charge in [-0.05, 0) is 13.0 Å². The molecule has 7 nitrogen and oxygen atoms in total. The first-order valence-corrected chi connectivity index (χ1v) is 8.34. The monoisotopic (exact) mass is 355 g/mol. The molecular formula is C16H23F2N5O2. The van der Waals surface area contributed by atoms with Crippen LogP contribution in [0.4, 0.5) is 8.78 Å². The summed E-state index contributed by atoms with van der Waals surface area (Å²) in [6, 6.07) is 1.21. The van der Waals surface area contributed by atoms with Gasteiger partial charge in [-0.25, -0.2) is 8.78 Å². The molecule has 2 aliphatic rings. The third-order valence-electron chi connectivity index (χ3n) is 4.96. The normalized spacial score (nSPS) is 23.6. The summed E-state index contributed by atoms with van der Waals surface area (Å²) in [4.78, 5) is 26.8. The molecule has 1 aromatic rings. The minimum absolute atomic E-state index is 0.110. The zero-order chi connectivity index (χ0) is 18.4. The van der Waals surface area contributed by atoms with Gasteiger partial charge in [-0.2, -0.15) is 5.10 Å². The Bertz CT molecular complexity index is 665. The summed E-state index contributed by atoms with van der Waals surface area (Å²) in [6.07, 6.45) is -0.267. The quantitative estimate of drug-likeness (QED) is 0.849. The molecule has 0 radical (unpaired) electrons. The Balaban J connectivity index is 1.60. The molecule has 0 aromatic carbocycles. The van der Waals surface area contributed by atoms with Crippen molar-refractivity contribution in [2.45, 2.75) is 38.3 Å². The Morgan fingerprint density at radius 2 is 2.08 bits per heavy atom. The number of halogens is 2. The largest absolute Gasteiger partial charge is 0.355 e. The Morgan fingerprint density at radius 1 is 1.40 bits per heavy atom. The second-order valence-corrected chi connectivity index (χ2v) is 6.98. The first-order chi connectivity index (χ1) is 11.7. The van der Waals surface area contributed by atoms with Gasteiger partial charge in [0.2, 0.25) is 5.91 Å². The predicted molar refractivity (Wildman–Crippen MR) is 86.4 cm³/mol. The average molecular weight is 355 g/mol. The number of carbonyl (C=O) groups excluding carboxylic acids is 2. The number of amides is 2. The van der Waals surface area contributed by atoms with E-state index in [1.54, 1.807) is 27.6 Å². The summed E-state index contributed by atoms with van der Waals surface area (Å²) in [7, 11) is 1.77. The van der Waals surface area contributed by atoms with Gasteiger partial charge in [0.25, 0.3) is 11.8 Å². The summed E-state index contributed by atoms with van der Waals surface area (Å²) < 4.78 is 29.3. The first-order valence-electron chi connectivity index (χ1n) is 8.34. The molecule has 138 valence electrons. The molecule has 3 rings (SSSR count). The summed E-state index contributed by atoms with van der Waals surface area (Å²) in [5.74, 6) is -3.17. The van der Waals surface area contributed by atoms with E-state index in [0.29, 0.717) is 18.8 Å². The number of hydrogen-bond donors (Lipinski definition) is 1. The van der Waals surface area contributed by atoms with Gasteiger partial charge >= 0.3 is 0 Å². The number of hydrogen-bond acceptors (Lipinski definition) is 4. The van der Waals surface area contributed by atoms with Gasteiger partial charge in [0.05, 0.1) is 6.54 Å². The van der Waals surface area contributed by atoms with Crippen LogP contribution in [0.25, 0.3) is 0 Å². The number of carbonyl (C=O) groups is 2. The molecule has 2 saturated heterocycles. The summed E-state index contributed by atoms with van der Waals surface area (Å²) in [6.45, 7) is 3.92. The van der Waals surface area contributed by atoms with Crippen molar-refractivity contribution >= 4 is 11.8 Å². The first kappa shape index (κ1) is 17.8. The maximum absolute atomic E-state index is 13.8. The fourth-order valence-corrected chi connectivity index (χ4v) is 3.46. The van der Waals surface area contributed by atoms with Gasteiger partial charge in [-0.1, -0.05) is 0 Å². The van der Waals surface area contributed by atoms with Crippen LogP contribution in [0.5, 0.6) is 0 Å². The van der Waals surface area contributed by atoms with Crippen LogP contribution in [-0.4, -0.2) is 75.6 Å². The summed E-state index contributed by atoms with van der Waals surface area (Å²) in [5.41, 5.74) is 1.26. The second kappa shape index (κ2) is 6.36. The van der Waals surface area contributed by atoms with Crippen molar-refractivity contribution in [2.75, 3.05) is 26.2 Å². The average Bonchev–Trinajstić information content (AvgIpc) is 2.95. The Labute approximate surface area is 144 Å². The Kier molecular flexibility index (Phi) is 4.52. The van der Waals surface area contributed by atoms with E-state index in [-0.39, 0.29) is 37.4 Å². The van der Waals surface area contributed by atoms with Crippen LogP contribution in [0, 0.1) is 6.92 Å². The van der Waals surface area contributed by atoms with E-state index >= 15 is 0 Å². The molecule has 1 aromatic heterocycles. The minimum atomic E-state index is -2.76. The smallest absolute Gasteiger partial charge is 0.274 e. The van der Waals surface area contributed by atoms with Gasteiger partial charge in [0, 0.05) is 57.8 Å². The predicted octanol–water partition coefficient (Wildman–Crippen LogP) is 0.399. The van der Waals surface area contributed by atoms with Crippen molar-refractivity contribution < 1.29 is 18.4 Å². The van der Waals surface area contributed by atoms with E-state index in [4.69, 9.17) is 0 Å². The van der Waals surface area contributed by atoms with Crippen LogP contribution in [0.15, 0.2) is 6.07 Å². The molecule has 1 N–H and O–H groups in total. The van der Waals surface area contributed by atoms with Crippen LogP contribution in [0.3, 0.4) is 0 Å². The molecule has 2 fully saturated rings. The fourth-order valence-electron chi connectivity index (χ4n) is 3.46. The number of rotatable bonds is 4. The minimum Gasteiger partial charge on any atom is -0.355 e. The molecular weight excluding hydrogens is 332 g/mol. The molecule has 0 aliphatic carbocycles. The van der Waals surface area contributed by atoms with Crippen LogP contribution in [-0.2, 0) is 11.8 Å². The highest BCUT2D eigenvalue weighted by molar-refractivity contribution is 5.93. The van der Waals surface area contributed by atoms with Crippen molar-refractivity contribution in [3.63, 3.8) is 0 Å². The van der Waals surface area contributed by atoms with Crippen molar-refractivity contribution in [1.82, 2.24) is 24.9 Å². The maximum atomic E-state index is 13.8. The molecule has 3 heterocycles. The Hall–Kier alpha value is -2.03. The molecule has 2 aliphatic heterocycles. The zero-order valence-electron chi connectivity index (χ0n) is 14.6. The van der Waals surface area contributed by atoms with E-state index in [1.165, 1.54) is 6.92 Å². The van der Waals surface area contributed by atoms with Gasteiger partial charge < -0.3 is 10.2 Å². The highest BCUT2D eigenvalue weighted by atomic mass is 19.3. The number of aryl methyl sites for hydroxylation is 2. The molecule has 0 bridgehead atoms. The molecule has 0 spiro atoms. The van der Waals surface area contributed by atoms with Gasteiger partial charge in [0.1, 0.15) is 0 Å². The molecule has 2 amide bonds. The summed E-state index contributed by atoms with van der Waals surface area (Å²) in [5, 5.41) is 6.79. The highest BCUT2D eigenvalue weighted by Crippen LogP contribution is 2.35. The van der Waals surface area contributed by atoms with Crippen LogP contribution in [0.1, 0.15) is 29.5 Å². The van der Waals surface area contributed by atoms with Crippen molar-refractivity contribution in [3.8, 4) is 0 Å². The number of aromatic nitrogens is 2. The van der Waals surface area contributed by atoms with E-state index < -0.39 is 12.0 Å². The third-order valence-corrected chi connectivity index (χ3v) is 4.96. The highest BCUT2D eigenvalue weighted by Gasteiger charge is 2.50. The standard InChI is InChI=1S/C16H23F2N5O2/c1-10-4-14(20-21(10)3)15(25)22-7-13(8-22)23-9-16(17,18)5-12(23)6-19-11(2)24/h4,12-13H,5-9H2,1-3H3,(H,19,24)/t12-/m0/s1. The molecule has 9 heteroatoms.